The summed E-state index contributed by atoms with van der Waals surface area (Å²) in [6, 6.07) is 5.86. The van der Waals surface area contributed by atoms with Crippen LogP contribution < -0.4 is 5.73 Å². The zero-order chi connectivity index (χ0) is 14.0. The molecule has 1 aliphatic rings. The summed E-state index contributed by atoms with van der Waals surface area (Å²) in [5.41, 5.74) is 7.15. The van der Waals surface area contributed by atoms with E-state index in [1.165, 1.54) is 0 Å². The largest absolute Gasteiger partial charge is 0.398 e. The van der Waals surface area contributed by atoms with Gasteiger partial charge in [0, 0.05) is 28.3 Å². The van der Waals surface area contributed by atoms with Gasteiger partial charge in [-0.15, -0.1) is 0 Å². The quantitative estimate of drug-likeness (QED) is 0.840. The van der Waals surface area contributed by atoms with Crippen LogP contribution in [-0.2, 0) is 0 Å². The number of amides is 1. The van der Waals surface area contributed by atoms with Gasteiger partial charge in [0.15, 0.2) is 0 Å². The molecule has 4 heteroatoms. The lowest BCUT2D eigenvalue weighted by Gasteiger charge is -2.23. The summed E-state index contributed by atoms with van der Waals surface area (Å²) in [4.78, 5) is 14.6. The minimum atomic E-state index is 0.129. The number of hydrogen-bond acceptors (Lipinski definition) is 2. The van der Waals surface area contributed by atoms with Gasteiger partial charge >= 0.3 is 0 Å². The third-order valence-electron chi connectivity index (χ3n) is 3.44. The monoisotopic (exact) mass is 324 g/mol. The number of nitrogens with zero attached hydrogens (tertiary/aromatic N) is 1. The number of carbonyl (C=O) groups excluding carboxylic acids is 1. The lowest BCUT2D eigenvalue weighted by molar-refractivity contribution is 0.0735. The van der Waals surface area contributed by atoms with E-state index in [0.717, 1.165) is 35.8 Å². The number of benzene rings is 1. The third kappa shape index (κ3) is 3.72. The molecule has 1 fully saturated rings. The van der Waals surface area contributed by atoms with Crippen molar-refractivity contribution in [3.05, 3.63) is 28.2 Å². The first-order chi connectivity index (χ1) is 8.99. The van der Waals surface area contributed by atoms with Gasteiger partial charge in [-0.2, -0.15) is 0 Å². The highest BCUT2D eigenvalue weighted by Crippen LogP contribution is 2.30. The van der Waals surface area contributed by atoms with Crippen molar-refractivity contribution < 1.29 is 4.79 Å². The van der Waals surface area contributed by atoms with Gasteiger partial charge < -0.3 is 10.6 Å². The highest BCUT2D eigenvalue weighted by molar-refractivity contribution is 9.10. The summed E-state index contributed by atoms with van der Waals surface area (Å²) < 4.78 is 0.790. The van der Waals surface area contributed by atoms with Crippen molar-refractivity contribution in [2.24, 2.45) is 5.92 Å². The molecule has 0 atom stereocenters. The normalized spacial score (nSPS) is 14.7. The van der Waals surface area contributed by atoms with Gasteiger partial charge in [-0.1, -0.05) is 13.8 Å². The molecule has 0 unspecified atom stereocenters. The predicted octanol–water partition coefficient (Wildman–Crippen LogP) is 3.68. The van der Waals surface area contributed by atoms with E-state index in [4.69, 9.17) is 5.73 Å². The maximum atomic E-state index is 12.6. The van der Waals surface area contributed by atoms with E-state index in [9.17, 15) is 4.79 Å². The lowest BCUT2D eigenvalue weighted by atomic mass is 10.1. The second kappa shape index (κ2) is 5.95. The highest BCUT2D eigenvalue weighted by atomic mass is 79.9. The number of nitrogens with two attached hydrogens (primary N) is 1. The second-order valence-corrected chi connectivity index (χ2v) is 6.50. The summed E-state index contributed by atoms with van der Waals surface area (Å²) >= 11 is 3.38. The fourth-order valence-corrected chi connectivity index (χ4v) is 2.44. The van der Waals surface area contributed by atoms with Crippen LogP contribution in [0.3, 0.4) is 0 Å². The van der Waals surface area contributed by atoms with E-state index in [1.807, 2.05) is 17.0 Å². The average Bonchev–Trinajstić information content (AvgIpc) is 3.16. The van der Waals surface area contributed by atoms with Crippen LogP contribution in [0.4, 0.5) is 5.69 Å². The van der Waals surface area contributed by atoms with Crippen molar-refractivity contribution in [1.82, 2.24) is 4.90 Å². The third-order valence-corrected chi connectivity index (χ3v) is 4.13. The van der Waals surface area contributed by atoms with Gasteiger partial charge in [-0.05, 0) is 59.3 Å². The molecule has 0 aromatic heterocycles. The number of halogens is 1. The Labute approximate surface area is 123 Å². The minimum absolute atomic E-state index is 0.129. The van der Waals surface area contributed by atoms with Crippen molar-refractivity contribution in [2.75, 3.05) is 12.3 Å². The van der Waals surface area contributed by atoms with Crippen molar-refractivity contribution in [3.63, 3.8) is 0 Å². The Kier molecular flexibility index (Phi) is 4.50. The molecule has 1 aromatic carbocycles. The molecule has 1 aromatic rings. The van der Waals surface area contributed by atoms with Gasteiger partial charge in [0.05, 0.1) is 0 Å². The van der Waals surface area contributed by atoms with Gasteiger partial charge in [0.2, 0.25) is 0 Å². The molecule has 2 rings (SSSR count). The standard InChI is InChI=1S/C15H21BrN2O/c1-10(2)7-8-18(12-4-5-12)15(19)11-3-6-14(17)13(16)9-11/h3,6,9-10,12H,4-5,7-8,17H2,1-2H3. The van der Waals surface area contributed by atoms with E-state index >= 15 is 0 Å². The summed E-state index contributed by atoms with van der Waals surface area (Å²) in [5.74, 6) is 0.746. The topological polar surface area (TPSA) is 46.3 Å². The van der Waals surface area contributed by atoms with Crippen LogP contribution in [0.1, 0.15) is 43.5 Å². The molecule has 1 amide bonds. The minimum Gasteiger partial charge on any atom is -0.398 e. The molecular formula is C15H21BrN2O. The zero-order valence-corrected chi connectivity index (χ0v) is 13.1. The molecule has 0 spiro atoms. The molecule has 0 radical (unpaired) electrons. The van der Waals surface area contributed by atoms with Gasteiger partial charge in [-0.3, -0.25) is 4.79 Å². The first-order valence-electron chi connectivity index (χ1n) is 6.85. The number of hydrogen-bond donors (Lipinski definition) is 1. The highest BCUT2D eigenvalue weighted by Gasteiger charge is 2.32. The van der Waals surface area contributed by atoms with Crippen LogP contribution in [0.25, 0.3) is 0 Å². The fraction of sp³-hybridized carbons (Fsp3) is 0.533. The fourth-order valence-electron chi connectivity index (χ4n) is 2.06. The summed E-state index contributed by atoms with van der Waals surface area (Å²) in [6.07, 6.45) is 3.33. The van der Waals surface area contributed by atoms with Gasteiger partial charge in [-0.25, -0.2) is 0 Å². The molecule has 1 aliphatic carbocycles. The number of carbonyl (C=O) groups is 1. The maximum Gasteiger partial charge on any atom is 0.254 e. The zero-order valence-electron chi connectivity index (χ0n) is 11.5. The van der Waals surface area contributed by atoms with Crippen molar-refractivity contribution in [1.29, 1.82) is 0 Å². The summed E-state index contributed by atoms with van der Waals surface area (Å²) in [7, 11) is 0. The summed E-state index contributed by atoms with van der Waals surface area (Å²) in [6.45, 7) is 5.23. The number of nitrogen functional groups attached to an aromatic ring is 1. The maximum absolute atomic E-state index is 12.6. The molecular weight excluding hydrogens is 304 g/mol. The number of rotatable bonds is 5. The Bertz CT molecular complexity index is 469. The van der Waals surface area contributed by atoms with Crippen LogP contribution in [0.15, 0.2) is 22.7 Å². The molecule has 1 saturated carbocycles. The van der Waals surface area contributed by atoms with Crippen molar-refractivity contribution in [2.45, 2.75) is 39.2 Å². The lowest BCUT2D eigenvalue weighted by Crippen LogP contribution is -2.34. The first kappa shape index (κ1) is 14.4. The van der Waals surface area contributed by atoms with Gasteiger partial charge in [0.1, 0.15) is 0 Å². The Balaban J connectivity index is 2.12. The van der Waals surface area contributed by atoms with E-state index in [2.05, 4.69) is 29.8 Å². The molecule has 2 N–H and O–H groups in total. The van der Waals surface area contributed by atoms with Crippen LogP contribution in [0.5, 0.6) is 0 Å². The van der Waals surface area contributed by atoms with E-state index in [0.29, 0.717) is 17.6 Å². The van der Waals surface area contributed by atoms with Crippen LogP contribution >= 0.6 is 15.9 Å². The summed E-state index contributed by atoms with van der Waals surface area (Å²) in [5, 5.41) is 0. The van der Waals surface area contributed by atoms with E-state index in [1.54, 1.807) is 6.07 Å². The van der Waals surface area contributed by atoms with E-state index in [-0.39, 0.29) is 5.91 Å². The van der Waals surface area contributed by atoms with Crippen molar-refractivity contribution >= 4 is 27.5 Å². The Morgan fingerprint density at radius 1 is 1.47 bits per heavy atom. The van der Waals surface area contributed by atoms with Crippen LogP contribution in [0, 0.1) is 5.92 Å². The Hall–Kier alpha value is -1.03. The van der Waals surface area contributed by atoms with E-state index < -0.39 is 0 Å². The van der Waals surface area contributed by atoms with Gasteiger partial charge in [0.25, 0.3) is 5.91 Å². The molecule has 0 bridgehead atoms. The smallest absolute Gasteiger partial charge is 0.254 e. The Morgan fingerprint density at radius 3 is 2.68 bits per heavy atom. The first-order valence-corrected chi connectivity index (χ1v) is 7.64. The predicted molar refractivity (Wildman–Crippen MR) is 82.1 cm³/mol. The average molecular weight is 325 g/mol. The molecule has 0 aliphatic heterocycles. The van der Waals surface area contributed by atoms with Crippen LogP contribution in [0.2, 0.25) is 0 Å². The second-order valence-electron chi connectivity index (χ2n) is 5.65. The molecule has 19 heavy (non-hydrogen) atoms. The molecule has 0 saturated heterocycles. The molecule has 0 heterocycles. The Morgan fingerprint density at radius 2 is 2.16 bits per heavy atom. The number of anilines is 1. The molecule has 104 valence electrons. The SMILES string of the molecule is CC(C)CCN(C(=O)c1ccc(N)c(Br)c1)C1CC1. The molecule has 3 nitrogen and oxygen atoms in total. The van der Waals surface area contributed by atoms with Crippen molar-refractivity contribution in [3.8, 4) is 0 Å². The van der Waals surface area contributed by atoms with Crippen LogP contribution in [-0.4, -0.2) is 23.4 Å².